The number of oxazole rings is 1. The highest BCUT2D eigenvalue weighted by molar-refractivity contribution is 5.76. The average Bonchev–Trinajstić information content (AvgIpc) is 3.01. The third-order valence-electron chi connectivity index (χ3n) is 3.80. The highest BCUT2D eigenvalue weighted by Gasteiger charge is 2.18. The van der Waals surface area contributed by atoms with Crippen molar-refractivity contribution in [1.82, 2.24) is 10.3 Å². The summed E-state index contributed by atoms with van der Waals surface area (Å²) in [4.78, 5) is 16.0. The zero-order valence-electron chi connectivity index (χ0n) is 14.0. The lowest BCUT2D eigenvalue weighted by atomic mass is 9.90. The van der Waals surface area contributed by atoms with Gasteiger partial charge >= 0.3 is 0 Å². The van der Waals surface area contributed by atoms with Crippen LogP contribution >= 0.6 is 0 Å². The van der Waals surface area contributed by atoms with E-state index in [1.807, 2.05) is 13.8 Å². The molecule has 0 radical (unpaired) electrons. The number of aliphatic hydroxyl groups excluding tert-OH is 1. The Balaban J connectivity index is 1.82. The Morgan fingerprint density at radius 1 is 1.33 bits per heavy atom. The lowest BCUT2D eigenvalue weighted by Crippen LogP contribution is -2.34. The highest BCUT2D eigenvalue weighted by Crippen LogP contribution is 2.21. The van der Waals surface area contributed by atoms with Crippen molar-refractivity contribution >= 4 is 5.91 Å². The van der Waals surface area contributed by atoms with E-state index in [2.05, 4.69) is 10.3 Å². The molecule has 0 unspecified atom stereocenters. The van der Waals surface area contributed by atoms with E-state index in [0.717, 1.165) is 5.56 Å². The van der Waals surface area contributed by atoms with Crippen LogP contribution in [-0.4, -0.2) is 29.1 Å². The summed E-state index contributed by atoms with van der Waals surface area (Å²) in [7, 11) is 0. The molecule has 2 rings (SSSR count). The number of amides is 1. The third kappa shape index (κ3) is 5.45. The fourth-order valence-electron chi connectivity index (χ4n) is 2.21. The van der Waals surface area contributed by atoms with E-state index in [4.69, 9.17) is 9.52 Å². The molecule has 1 heterocycles. The van der Waals surface area contributed by atoms with Gasteiger partial charge < -0.3 is 14.8 Å². The van der Waals surface area contributed by atoms with Crippen molar-refractivity contribution in [3.8, 4) is 11.3 Å². The quantitative estimate of drug-likeness (QED) is 0.778. The molecule has 1 aromatic carbocycles. The van der Waals surface area contributed by atoms with E-state index < -0.39 is 0 Å². The van der Waals surface area contributed by atoms with Crippen molar-refractivity contribution in [2.75, 3.05) is 13.2 Å². The first-order valence-corrected chi connectivity index (χ1v) is 7.98. The van der Waals surface area contributed by atoms with Gasteiger partial charge in [0.25, 0.3) is 0 Å². The number of halogens is 1. The summed E-state index contributed by atoms with van der Waals surface area (Å²) in [6.45, 7) is 4.60. The highest BCUT2D eigenvalue weighted by atomic mass is 19.1. The Morgan fingerprint density at radius 2 is 2.04 bits per heavy atom. The Labute approximate surface area is 140 Å². The summed E-state index contributed by atoms with van der Waals surface area (Å²) in [5, 5.41) is 11.8. The van der Waals surface area contributed by atoms with Gasteiger partial charge in [-0.2, -0.15) is 0 Å². The minimum Gasteiger partial charge on any atom is -0.441 e. The zero-order valence-corrected chi connectivity index (χ0v) is 14.0. The van der Waals surface area contributed by atoms with Gasteiger partial charge in [0.15, 0.2) is 11.7 Å². The van der Waals surface area contributed by atoms with Crippen LogP contribution in [0.15, 0.2) is 34.9 Å². The van der Waals surface area contributed by atoms with E-state index in [9.17, 15) is 9.18 Å². The number of hydrogen-bond acceptors (Lipinski definition) is 4. The minimum absolute atomic E-state index is 0.0810. The number of nitrogens with one attached hydrogen (secondary N) is 1. The molecule has 0 fully saturated rings. The molecule has 1 aromatic heterocycles. The van der Waals surface area contributed by atoms with Crippen molar-refractivity contribution in [1.29, 1.82) is 0 Å². The van der Waals surface area contributed by atoms with Crippen LogP contribution in [0.4, 0.5) is 4.39 Å². The summed E-state index contributed by atoms with van der Waals surface area (Å²) in [5.41, 5.74) is 0.605. The van der Waals surface area contributed by atoms with Crippen molar-refractivity contribution in [3.05, 3.63) is 42.2 Å². The van der Waals surface area contributed by atoms with Gasteiger partial charge in [0.05, 0.1) is 6.20 Å². The zero-order chi connectivity index (χ0) is 17.6. The summed E-state index contributed by atoms with van der Waals surface area (Å²) in [6.07, 6.45) is 2.88. The van der Waals surface area contributed by atoms with Crippen molar-refractivity contribution in [3.63, 3.8) is 0 Å². The fraction of sp³-hybridized carbons (Fsp3) is 0.444. The van der Waals surface area contributed by atoms with E-state index in [1.54, 1.807) is 18.3 Å². The summed E-state index contributed by atoms with van der Waals surface area (Å²) >= 11 is 0. The maximum absolute atomic E-state index is 12.9. The van der Waals surface area contributed by atoms with Crippen LogP contribution in [0.2, 0.25) is 0 Å². The van der Waals surface area contributed by atoms with E-state index >= 15 is 0 Å². The third-order valence-corrected chi connectivity index (χ3v) is 3.80. The molecule has 0 spiro atoms. The molecule has 5 nitrogen and oxygen atoms in total. The van der Waals surface area contributed by atoms with Crippen LogP contribution in [-0.2, 0) is 11.2 Å². The number of aryl methyl sites for hydroxylation is 1. The van der Waals surface area contributed by atoms with Gasteiger partial charge in [0, 0.05) is 31.6 Å². The fourth-order valence-corrected chi connectivity index (χ4v) is 2.21. The smallest absolute Gasteiger partial charge is 0.220 e. The van der Waals surface area contributed by atoms with Gasteiger partial charge in [-0.25, -0.2) is 9.37 Å². The summed E-state index contributed by atoms with van der Waals surface area (Å²) < 4.78 is 18.5. The van der Waals surface area contributed by atoms with Crippen molar-refractivity contribution in [2.24, 2.45) is 5.41 Å². The molecule has 0 aliphatic rings. The molecule has 130 valence electrons. The number of carbonyl (C=O) groups excluding carboxylic acids is 1. The molecule has 0 atom stereocenters. The first-order valence-electron chi connectivity index (χ1n) is 7.98. The minimum atomic E-state index is -0.306. The maximum Gasteiger partial charge on any atom is 0.220 e. The number of rotatable bonds is 8. The lowest BCUT2D eigenvalue weighted by Gasteiger charge is -2.23. The van der Waals surface area contributed by atoms with Crippen molar-refractivity contribution < 1.29 is 18.7 Å². The average molecular weight is 334 g/mol. The molecular weight excluding hydrogens is 311 g/mol. The second kappa shape index (κ2) is 8.06. The second-order valence-electron chi connectivity index (χ2n) is 6.54. The van der Waals surface area contributed by atoms with E-state index in [1.165, 1.54) is 12.1 Å². The van der Waals surface area contributed by atoms with Crippen molar-refractivity contribution in [2.45, 2.75) is 33.1 Å². The summed E-state index contributed by atoms with van der Waals surface area (Å²) in [6, 6.07) is 5.96. The monoisotopic (exact) mass is 334 g/mol. The van der Waals surface area contributed by atoms with Crippen LogP contribution in [0.3, 0.4) is 0 Å². The Hall–Kier alpha value is -2.21. The number of benzene rings is 1. The molecule has 0 saturated carbocycles. The largest absolute Gasteiger partial charge is 0.441 e. The summed E-state index contributed by atoms with van der Waals surface area (Å²) in [5.74, 6) is 0.635. The molecule has 24 heavy (non-hydrogen) atoms. The topological polar surface area (TPSA) is 75.4 Å². The molecular formula is C18H23FN2O3. The second-order valence-corrected chi connectivity index (χ2v) is 6.54. The molecule has 0 aliphatic heterocycles. The van der Waals surface area contributed by atoms with Crippen LogP contribution in [0.5, 0.6) is 0 Å². The number of hydrogen-bond donors (Lipinski definition) is 2. The Kier molecular flexibility index (Phi) is 6.09. The van der Waals surface area contributed by atoms with E-state index in [0.29, 0.717) is 31.0 Å². The first-order chi connectivity index (χ1) is 11.4. The number of carbonyl (C=O) groups is 1. The normalized spacial score (nSPS) is 11.5. The van der Waals surface area contributed by atoms with Gasteiger partial charge in [-0.05, 0) is 36.1 Å². The van der Waals surface area contributed by atoms with Gasteiger partial charge in [0.2, 0.25) is 5.91 Å². The molecule has 0 aliphatic carbocycles. The van der Waals surface area contributed by atoms with Crippen LogP contribution in [0, 0.1) is 11.2 Å². The van der Waals surface area contributed by atoms with Crippen LogP contribution in [0.25, 0.3) is 11.3 Å². The maximum atomic E-state index is 12.9. The Bertz CT molecular complexity index is 665. The number of aliphatic hydroxyl groups is 1. The van der Waals surface area contributed by atoms with Gasteiger partial charge in [-0.3, -0.25) is 4.79 Å². The molecule has 0 bridgehead atoms. The predicted molar refractivity (Wildman–Crippen MR) is 88.7 cm³/mol. The molecule has 2 N–H and O–H groups in total. The standard InChI is InChI=1S/C18H23FN2O3/c1-18(2,9-10-22)12-21-16(23)7-8-17-20-11-15(24-17)13-3-5-14(19)6-4-13/h3-6,11,22H,7-10,12H2,1-2H3,(H,21,23). The van der Waals surface area contributed by atoms with Gasteiger partial charge in [-0.15, -0.1) is 0 Å². The molecule has 2 aromatic rings. The molecule has 6 heteroatoms. The SMILES string of the molecule is CC(C)(CCO)CNC(=O)CCc1ncc(-c2ccc(F)cc2)o1. The molecule has 0 saturated heterocycles. The van der Waals surface area contributed by atoms with Crippen LogP contribution in [0.1, 0.15) is 32.6 Å². The number of aromatic nitrogens is 1. The van der Waals surface area contributed by atoms with Crippen LogP contribution < -0.4 is 5.32 Å². The van der Waals surface area contributed by atoms with Gasteiger partial charge in [0.1, 0.15) is 5.82 Å². The number of nitrogens with zero attached hydrogens (tertiary/aromatic N) is 1. The predicted octanol–water partition coefficient (Wildman–Crippen LogP) is 2.94. The Morgan fingerprint density at radius 3 is 2.71 bits per heavy atom. The van der Waals surface area contributed by atoms with E-state index in [-0.39, 0.29) is 30.2 Å². The van der Waals surface area contributed by atoms with Gasteiger partial charge in [-0.1, -0.05) is 13.8 Å². The first kappa shape index (κ1) is 18.1. The lowest BCUT2D eigenvalue weighted by molar-refractivity contribution is -0.121. The molecule has 1 amide bonds.